The first-order valence-corrected chi connectivity index (χ1v) is 11.3. The Bertz CT molecular complexity index is 987. The first kappa shape index (κ1) is 20.6. The van der Waals surface area contributed by atoms with E-state index in [9.17, 15) is 4.79 Å². The lowest BCUT2D eigenvalue weighted by molar-refractivity contribution is 0.102. The van der Waals surface area contributed by atoms with Crippen LogP contribution in [0.4, 0.5) is 5.13 Å². The highest BCUT2D eigenvalue weighted by atomic mass is 32.1. The second kappa shape index (κ2) is 9.87. The Kier molecular flexibility index (Phi) is 6.77. The van der Waals surface area contributed by atoms with E-state index in [0.29, 0.717) is 17.3 Å². The van der Waals surface area contributed by atoms with E-state index in [2.05, 4.69) is 46.4 Å². The molecule has 1 amide bonds. The van der Waals surface area contributed by atoms with E-state index >= 15 is 0 Å². The third-order valence-corrected chi connectivity index (χ3v) is 6.14. The van der Waals surface area contributed by atoms with Crippen LogP contribution in [0.3, 0.4) is 0 Å². The first-order chi connectivity index (χ1) is 14.7. The van der Waals surface area contributed by atoms with Crippen LogP contribution in [0.5, 0.6) is 5.75 Å². The van der Waals surface area contributed by atoms with Crippen LogP contribution in [0.2, 0.25) is 0 Å². The number of benzene rings is 2. The molecule has 0 spiro atoms. The Balaban J connectivity index is 1.37. The summed E-state index contributed by atoms with van der Waals surface area (Å²) in [6, 6.07) is 17.9. The summed E-state index contributed by atoms with van der Waals surface area (Å²) in [5.74, 6) is 0.578. The van der Waals surface area contributed by atoms with Crippen LogP contribution < -0.4 is 10.1 Å². The van der Waals surface area contributed by atoms with Crippen LogP contribution in [0.1, 0.15) is 46.3 Å². The summed E-state index contributed by atoms with van der Waals surface area (Å²) in [6.45, 7) is 5.58. The summed E-state index contributed by atoms with van der Waals surface area (Å²) in [5, 5.41) is 3.64. The van der Waals surface area contributed by atoms with Crippen molar-refractivity contribution in [3.05, 3.63) is 76.3 Å². The molecule has 5 nitrogen and oxygen atoms in total. The van der Waals surface area contributed by atoms with Crippen LogP contribution >= 0.6 is 11.3 Å². The molecule has 1 aromatic heterocycles. The Labute approximate surface area is 181 Å². The predicted octanol–water partition coefficient (Wildman–Crippen LogP) is 5.13. The van der Waals surface area contributed by atoms with Gasteiger partial charge in [-0.1, -0.05) is 49.7 Å². The lowest BCUT2D eigenvalue weighted by atomic mass is 10.1. The molecule has 156 valence electrons. The lowest BCUT2D eigenvalue weighted by Crippen LogP contribution is -2.29. The van der Waals surface area contributed by atoms with E-state index in [1.54, 1.807) is 23.5 Å². The molecule has 30 heavy (non-hydrogen) atoms. The van der Waals surface area contributed by atoms with Gasteiger partial charge in [0.2, 0.25) is 0 Å². The average molecular weight is 422 g/mol. The maximum atomic E-state index is 12.7. The molecule has 0 atom stereocenters. The summed E-state index contributed by atoms with van der Waals surface area (Å²) in [7, 11) is 0. The van der Waals surface area contributed by atoms with Gasteiger partial charge in [-0.3, -0.25) is 15.0 Å². The zero-order valence-electron chi connectivity index (χ0n) is 17.3. The van der Waals surface area contributed by atoms with Gasteiger partial charge in [-0.25, -0.2) is 4.98 Å². The Morgan fingerprint density at radius 3 is 2.90 bits per heavy atom. The van der Waals surface area contributed by atoms with Crippen LogP contribution in [0, 0.1) is 0 Å². The number of amides is 1. The zero-order valence-corrected chi connectivity index (χ0v) is 18.1. The monoisotopic (exact) mass is 421 g/mol. The molecule has 0 saturated carbocycles. The molecule has 3 aromatic rings. The van der Waals surface area contributed by atoms with E-state index in [1.807, 2.05) is 18.2 Å². The molecule has 2 heterocycles. The number of hydrogen-bond donors (Lipinski definition) is 1. The number of nitrogens with one attached hydrogen (secondary N) is 1. The van der Waals surface area contributed by atoms with Crippen molar-refractivity contribution in [2.24, 2.45) is 0 Å². The highest BCUT2D eigenvalue weighted by molar-refractivity contribution is 7.15. The molecule has 0 fully saturated rings. The second-order valence-corrected chi connectivity index (χ2v) is 8.60. The summed E-state index contributed by atoms with van der Waals surface area (Å²) < 4.78 is 5.72. The van der Waals surface area contributed by atoms with Crippen molar-refractivity contribution in [3.63, 3.8) is 0 Å². The maximum absolute atomic E-state index is 12.7. The molecule has 0 saturated heterocycles. The number of aromatic nitrogens is 1. The fourth-order valence-electron chi connectivity index (χ4n) is 3.51. The summed E-state index contributed by atoms with van der Waals surface area (Å²) in [6.07, 6.45) is 3.00. The maximum Gasteiger partial charge on any atom is 0.257 e. The van der Waals surface area contributed by atoms with Gasteiger partial charge >= 0.3 is 0 Å². The highest BCUT2D eigenvalue weighted by Crippen LogP contribution is 2.29. The second-order valence-electron chi connectivity index (χ2n) is 7.52. The van der Waals surface area contributed by atoms with E-state index in [0.717, 1.165) is 50.3 Å². The minimum Gasteiger partial charge on any atom is -0.494 e. The standard InChI is InChI=1S/C24H27N3O2S/c1-2-3-14-29-20-11-7-10-19(15-20)23(28)26-24-25-21-12-13-27(17-22(21)30-24)16-18-8-5-4-6-9-18/h4-11,15H,2-3,12-14,16-17H2,1H3,(H,25,26,28). The van der Waals surface area contributed by atoms with E-state index in [1.165, 1.54) is 10.4 Å². The van der Waals surface area contributed by atoms with Crippen molar-refractivity contribution < 1.29 is 9.53 Å². The average Bonchev–Trinajstić information content (AvgIpc) is 3.16. The minimum absolute atomic E-state index is 0.150. The molecule has 6 heteroatoms. The molecular formula is C24H27N3O2S. The van der Waals surface area contributed by atoms with Crippen LogP contribution in [-0.2, 0) is 19.5 Å². The zero-order chi connectivity index (χ0) is 20.8. The molecular weight excluding hydrogens is 394 g/mol. The van der Waals surface area contributed by atoms with Gasteiger partial charge in [-0.15, -0.1) is 11.3 Å². The van der Waals surface area contributed by atoms with Crippen molar-refractivity contribution >= 4 is 22.4 Å². The number of anilines is 1. The highest BCUT2D eigenvalue weighted by Gasteiger charge is 2.21. The Hall–Kier alpha value is -2.70. The minimum atomic E-state index is -0.150. The molecule has 0 aliphatic carbocycles. The molecule has 2 aromatic carbocycles. The Morgan fingerprint density at radius 1 is 1.20 bits per heavy atom. The van der Waals surface area contributed by atoms with Gasteiger partial charge < -0.3 is 4.74 Å². The number of fused-ring (bicyclic) bond motifs is 1. The van der Waals surface area contributed by atoms with Gasteiger partial charge in [0.15, 0.2) is 5.13 Å². The van der Waals surface area contributed by atoms with Gasteiger partial charge in [-0.05, 0) is 30.2 Å². The molecule has 0 bridgehead atoms. The van der Waals surface area contributed by atoms with Gasteiger partial charge in [0.05, 0.1) is 12.3 Å². The van der Waals surface area contributed by atoms with E-state index in [-0.39, 0.29) is 5.91 Å². The molecule has 1 aliphatic rings. The SMILES string of the molecule is CCCCOc1cccc(C(=O)Nc2nc3c(s2)CN(Cc2ccccc2)CC3)c1. The number of hydrogen-bond acceptors (Lipinski definition) is 5. The van der Waals surface area contributed by atoms with Crippen LogP contribution in [0.15, 0.2) is 54.6 Å². The number of nitrogens with zero attached hydrogens (tertiary/aromatic N) is 2. The fourth-order valence-corrected chi connectivity index (χ4v) is 4.55. The van der Waals surface area contributed by atoms with Crippen molar-refractivity contribution in [3.8, 4) is 5.75 Å². The fraction of sp³-hybridized carbons (Fsp3) is 0.333. The smallest absolute Gasteiger partial charge is 0.257 e. The topological polar surface area (TPSA) is 54.5 Å². The normalized spacial score (nSPS) is 13.6. The van der Waals surface area contributed by atoms with E-state index in [4.69, 9.17) is 4.74 Å². The van der Waals surface area contributed by atoms with Gasteiger partial charge in [0.1, 0.15) is 5.75 Å². The summed E-state index contributed by atoms with van der Waals surface area (Å²) in [4.78, 5) is 21.0. The summed E-state index contributed by atoms with van der Waals surface area (Å²) in [5.41, 5.74) is 3.01. The number of ether oxygens (including phenoxy) is 1. The third-order valence-electron chi connectivity index (χ3n) is 5.14. The van der Waals surface area contributed by atoms with Gasteiger partial charge in [0, 0.05) is 36.5 Å². The number of thiazole rings is 1. The molecule has 1 aliphatic heterocycles. The number of unbranched alkanes of at least 4 members (excludes halogenated alkanes) is 1. The third kappa shape index (κ3) is 5.26. The number of carbonyl (C=O) groups excluding carboxylic acids is 1. The van der Waals surface area contributed by atoms with Crippen LogP contribution in [-0.4, -0.2) is 28.9 Å². The largest absolute Gasteiger partial charge is 0.494 e. The Morgan fingerprint density at radius 2 is 2.07 bits per heavy atom. The number of carbonyl (C=O) groups is 1. The molecule has 0 unspecified atom stereocenters. The van der Waals surface area contributed by atoms with Gasteiger partial charge in [-0.2, -0.15) is 0 Å². The lowest BCUT2D eigenvalue weighted by Gasteiger charge is -2.25. The quantitative estimate of drug-likeness (QED) is 0.512. The predicted molar refractivity (Wildman–Crippen MR) is 121 cm³/mol. The number of rotatable bonds is 8. The van der Waals surface area contributed by atoms with Crippen LogP contribution in [0.25, 0.3) is 0 Å². The van der Waals surface area contributed by atoms with Crippen molar-refractivity contribution in [1.29, 1.82) is 0 Å². The molecule has 0 radical (unpaired) electrons. The van der Waals surface area contributed by atoms with Crippen molar-refractivity contribution in [1.82, 2.24) is 9.88 Å². The van der Waals surface area contributed by atoms with E-state index < -0.39 is 0 Å². The van der Waals surface area contributed by atoms with Crippen molar-refractivity contribution in [2.45, 2.75) is 39.3 Å². The van der Waals surface area contributed by atoms with Gasteiger partial charge in [0.25, 0.3) is 5.91 Å². The van der Waals surface area contributed by atoms with Crippen molar-refractivity contribution in [2.75, 3.05) is 18.5 Å². The first-order valence-electron chi connectivity index (χ1n) is 10.5. The molecule has 4 rings (SSSR count). The summed E-state index contributed by atoms with van der Waals surface area (Å²) >= 11 is 1.58. The molecule has 1 N–H and O–H groups in total.